The molecule has 0 radical (unpaired) electrons. The van der Waals surface area contributed by atoms with Crippen molar-refractivity contribution < 1.29 is 4.39 Å². The quantitative estimate of drug-likeness (QED) is 0.628. The predicted octanol–water partition coefficient (Wildman–Crippen LogP) is 2.11. The molecule has 12 heavy (non-hydrogen) atoms. The van der Waals surface area contributed by atoms with Gasteiger partial charge < -0.3 is 5.73 Å². The molecule has 0 aromatic carbocycles. The summed E-state index contributed by atoms with van der Waals surface area (Å²) in [5, 5.41) is -0.351. The second-order valence-corrected chi connectivity index (χ2v) is 3.64. The number of hydrogen-bond donors (Lipinski definition) is 2. The maximum atomic E-state index is 13.3. The average molecular weight is 231 g/mol. The number of allylic oxidation sites excluding steroid dienone is 2. The summed E-state index contributed by atoms with van der Waals surface area (Å²) in [5.74, 6) is -2.19. The Morgan fingerprint density at radius 3 is 2.25 bits per heavy atom. The van der Waals surface area contributed by atoms with E-state index in [4.69, 9.17) is 46.3 Å². The first-order chi connectivity index (χ1) is 5.36. The van der Waals surface area contributed by atoms with Gasteiger partial charge in [0.15, 0.2) is 0 Å². The van der Waals surface area contributed by atoms with Crippen LogP contribution in [-0.4, -0.2) is 5.79 Å². The second kappa shape index (κ2) is 3.07. The topological polar surface area (TPSA) is 52.0 Å². The molecule has 0 heterocycles. The fraction of sp³-hybridized carbons (Fsp3) is 0.333. The monoisotopic (exact) mass is 230 g/mol. The van der Waals surface area contributed by atoms with E-state index in [1.165, 1.54) is 0 Å². The van der Waals surface area contributed by atoms with Crippen LogP contribution in [0.15, 0.2) is 20.8 Å². The Bertz CT molecular complexity index is 283. The number of halogens is 4. The maximum absolute atomic E-state index is 13.3. The van der Waals surface area contributed by atoms with Crippen molar-refractivity contribution in [1.29, 1.82) is 0 Å². The molecule has 0 fully saturated rings. The highest BCUT2D eigenvalue weighted by atomic mass is 35.5. The normalized spacial score (nSPS) is 31.4. The van der Waals surface area contributed by atoms with Crippen molar-refractivity contribution in [3.05, 3.63) is 20.8 Å². The van der Waals surface area contributed by atoms with Crippen molar-refractivity contribution in [2.45, 2.75) is 12.2 Å². The number of hydrogen-bond acceptors (Lipinski definition) is 2. The standard InChI is InChI=1S/C6H6Cl3FN2/c7-3-2(11)1-6(10,12)5(9)4(3)8/h1,11-12H2. The Labute approximate surface area is 83.9 Å². The van der Waals surface area contributed by atoms with E-state index in [9.17, 15) is 4.39 Å². The van der Waals surface area contributed by atoms with Gasteiger partial charge in [0.2, 0.25) is 5.79 Å². The van der Waals surface area contributed by atoms with E-state index in [2.05, 4.69) is 0 Å². The lowest BCUT2D eigenvalue weighted by molar-refractivity contribution is 0.228. The highest BCUT2D eigenvalue weighted by Gasteiger charge is 2.36. The fourth-order valence-electron chi connectivity index (χ4n) is 0.852. The van der Waals surface area contributed by atoms with E-state index in [0.29, 0.717) is 0 Å². The summed E-state index contributed by atoms with van der Waals surface area (Å²) in [6.07, 6.45) is -0.235. The van der Waals surface area contributed by atoms with Crippen LogP contribution in [0.1, 0.15) is 6.42 Å². The van der Waals surface area contributed by atoms with E-state index >= 15 is 0 Å². The zero-order chi connectivity index (χ0) is 9.52. The largest absolute Gasteiger partial charge is 0.401 e. The highest BCUT2D eigenvalue weighted by molar-refractivity contribution is 6.48. The van der Waals surface area contributed by atoms with Crippen LogP contribution in [0.4, 0.5) is 4.39 Å². The molecule has 0 aromatic heterocycles. The van der Waals surface area contributed by atoms with Crippen LogP contribution in [-0.2, 0) is 0 Å². The molecule has 6 heteroatoms. The molecule has 0 aromatic rings. The smallest absolute Gasteiger partial charge is 0.202 e. The molecular weight excluding hydrogens is 225 g/mol. The van der Waals surface area contributed by atoms with Gasteiger partial charge in [-0.1, -0.05) is 34.8 Å². The van der Waals surface area contributed by atoms with E-state index in [1.54, 1.807) is 0 Å². The van der Waals surface area contributed by atoms with Crippen molar-refractivity contribution >= 4 is 34.8 Å². The minimum absolute atomic E-state index is 0.0698. The minimum Gasteiger partial charge on any atom is -0.401 e. The number of nitrogens with two attached hydrogens (primary N) is 2. The summed E-state index contributed by atoms with van der Waals surface area (Å²) in [5.41, 5.74) is 10.6. The van der Waals surface area contributed by atoms with E-state index in [0.717, 1.165) is 0 Å². The molecule has 0 bridgehead atoms. The van der Waals surface area contributed by atoms with Crippen LogP contribution in [0.25, 0.3) is 0 Å². The summed E-state index contributed by atoms with van der Waals surface area (Å²) in [6, 6.07) is 0. The second-order valence-electron chi connectivity index (χ2n) is 2.51. The third-order valence-corrected chi connectivity index (χ3v) is 2.99. The molecule has 0 saturated heterocycles. The highest BCUT2D eigenvalue weighted by Crippen LogP contribution is 2.40. The molecular formula is C6H6Cl3FN2. The molecule has 0 spiro atoms. The van der Waals surface area contributed by atoms with Crippen molar-refractivity contribution in [2.75, 3.05) is 0 Å². The lowest BCUT2D eigenvalue weighted by atomic mass is 10.0. The van der Waals surface area contributed by atoms with E-state index < -0.39 is 5.79 Å². The van der Waals surface area contributed by atoms with Crippen LogP contribution >= 0.6 is 34.8 Å². The Kier molecular flexibility index (Phi) is 2.59. The van der Waals surface area contributed by atoms with Crippen molar-refractivity contribution in [3.63, 3.8) is 0 Å². The summed E-state index contributed by atoms with van der Waals surface area (Å²) in [4.78, 5) is 0. The SMILES string of the molecule is NC1=C(Cl)C(Cl)=C(Cl)C(N)(F)C1. The van der Waals surface area contributed by atoms with Crippen LogP contribution < -0.4 is 11.5 Å². The van der Waals surface area contributed by atoms with E-state index in [-0.39, 0.29) is 27.2 Å². The Morgan fingerprint density at radius 1 is 1.25 bits per heavy atom. The minimum atomic E-state index is -2.19. The zero-order valence-electron chi connectivity index (χ0n) is 5.87. The Hall–Kier alpha value is 0.0400. The predicted molar refractivity (Wildman–Crippen MR) is 48.4 cm³/mol. The molecule has 0 amide bonds. The molecule has 2 nitrogen and oxygen atoms in total. The first-order valence-electron chi connectivity index (χ1n) is 3.04. The molecule has 1 atom stereocenters. The fourth-order valence-corrected chi connectivity index (χ4v) is 1.50. The van der Waals surface area contributed by atoms with Gasteiger partial charge in [-0.15, -0.1) is 0 Å². The van der Waals surface area contributed by atoms with Gasteiger partial charge in [-0.05, 0) is 0 Å². The molecule has 0 saturated carbocycles. The summed E-state index contributed by atoms with van der Waals surface area (Å²) in [6.45, 7) is 0. The van der Waals surface area contributed by atoms with Crippen LogP contribution in [0.5, 0.6) is 0 Å². The lowest BCUT2D eigenvalue weighted by Gasteiger charge is -2.25. The van der Waals surface area contributed by atoms with E-state index in [1.807, 2.05) is 0 Å². The molecule has 1 unspecified atom stereocenters. The van der Waals surface area contributed by atoms with Gasteiger partial charge in [0.05, 0.1) is 15.1 Å². The van der Waals surface area contributed by atoms with Crippen molar-refractivity contribution in [2.24, 2.45) is 11.5 Å². The first kappa shape index (κ1) is 10.1. The van der Waals surface area contributed by atoms with Crippen LogP contribution in [0.2, 0.25) is 0 Å². The van der Waals surface area contributed by atoms with Crippen molar-refractivity contribution in [3.8, 4) is 0 Å². The summed E-state index contributed by atoms with van der Waals surface area (Å²) >= 11 is 16.6. The summed E-state index contributed by atoms with van der Waals surface area (Å²) in [7, 11) is 0. The molecule has 1 aliphatic carbocycles. The average Bonchev–Trinajstić information content (AvgIpc) is 1.97. The van der Waals surface area contributed by atoms with Gasteiger partial charge in [0, 0.05) is 12.1 Å². The maximum Gasteiger partial charge on any atom is 0.202 e. The molecule has 68 valence electrons. The first-order valence-corrected chi connectivity index (χ1v) is 4.17. The molecule has 1 rings (SSSR count). The molecule has 1 aliphatic rings. The van der Waals surface area contributed by atoms with Gasteiger partial charge in [-0.3, -0.25) is 5.73 Å². The van der Waals surface area contributed by atoms with Crippen molar-refractivity contribution in [1.82, 2.24) is 0 Å². The number of rotatable bonds is 0. The van der Waals surface area contributed by atoms with Gasteiger partial charge in [0.1, 0.15) is 0 Å². The van der Waals surface area contributed by atoms with Crippen LogP contribution in [0, 0.1) is 0 Å². The lowest BCUT2D eigenvalue weighted by Crippen LogP contribution is -2.39. The van der Waals surface area contributed by atoms with Gasteiger partial charge in [-0.2, -0.15) is 0 Å². The Morgan fingerprint density at radius 2 is 1.75 bits per heavy atom. The van der Waals surface area contributed by atoms with Gasteiger partial charge >= 0.3 is 0 Å². The molecule has 4 N–H and O–H groups in total. The number of alkyl halides is 1. The van der Waals surface area contributed by atoms with Gasteiger partial charge in [0.25, 0.3) is 0 Å². The Balaban J connectivity index is 3.20. The molecule has 0 aliphatic heterocycles. The van der Waals surface area contributed by atoms with Gasteiger partial charge in [-0.25, -0.2) is 4.39 Å². The third-order valence-electron chi connectivity index (χ3n) is 1.48. The summed E-state index contributed by atoms with van der Waals surface area (Å²) < 4.78 is 13.3. The third kappa shape index (κ3) is 1.55. The van der Waals surface area contributed by atoms with Crippen LogP contribution in [0.3, 0.4) is 0 Å². The zero-order valence-corrected chi connectivity index (χ0v) is 8.14.